The average molecular weight is 459 g/mol. The summed E-state index contributed by atoms with van der Waals surface area (Å²) in [6.07, 6.45) is 1.08. The number of para-hydroxylation sites is 1. The summed E-state index contributed by atoms with van der Waals surface area (Å²) >= 11 is 0. The number of methoxy groups -OCH3 is 1. The van der Waals surface area contributed by atoms with Gasteiger partial charge >= 0.3 is 0 Å². The number of nitrogens with zero attached hydrogens (tertiary/aromatic N) is 3. The lowest BCUT2D eigenvalue weighted by atomic mass is 9.98. The number of benzene rings is 3. The zero-order chi connectivity index (χ0) is 24.1. The molecule has 0 aromatic heterocycles. The maximum absolute atomic E-state index is 13.1. The van der Waals surface area contributed by atoms with Gasteiger partial charge in [0.1, 0.15) is 11.5 Å². The monoisotopic (exact) mass is 459 g/mol. The van der Waals surface area contributed by atoms with Gasteiger partial charge in [-0.1, -0.05) is 24.3 Å². The lowest BCUT2D eigenvalue weighted by molar-refractivity contribution is -0.384. The summed E-state index contributed by atoms with van der Waals surface area (Å²) in [7, 11) is 1.57. The molecule has 0 saturated carbocycles. The summed E-state index contributed by atoms with van der Waals surface area (Å²) in [5.41, 5.74) is 2.48. The van der Waals surface area contributed by atoms with Gasteiger partial charge < -0.3 is 9.47 Å². The van der Waals surface area contributed by atoms with Crippen molar-refractivity contribution in [2.45, 2.75) is 12.5 Å². The molecular formula is C25H21N3O6. The molecule has 1 amide bonds. The highest BCUT2D eigenvalue weighted by Crippen LogP contribution is 2.34. The number of ether oxygens (including phenoxy) is 2. The van der Waals surface area contributed by atoms with E-state index in [-0.39, 0.29) is 12.3 Å². The molecule has 1 atom stereocenters. The van der Waals surface area contributed by atoms with Crippen molar-refractivity contribution in [1.29, 1.82) is 0 Å². The number of aldehydes is 1. The SMILES string of the molecule is COc1ccc(C2CC(c3ccc([N+](=O)[O-])cc3)=NN2C(=O)COc2ccccc2C=O)cc1. The quantitative estimate of drug-likeness (QED) is 0.284. The van der Waals surface area contributed by atoms with E-state index in [0.717, 1.165) is 5.56 Å². The van der Waals surface area contributed by atoms with Gasteiger partial charge in [0.15, 0.2) is 12.9 Å². The number of hydrogen-bond donors (Lipinski definition) is 0. The number of carbonyl (C=O) groups excluding carboxylic acids is 2. The highest BCUT2D eigenvalue weighted by molar-refractivity contribution is 6.03. The Balaban J connectivity index is 1.60. The number of nitro benzene ring substituents is 1. The van der Waals surface area contributed by atoms with E-state index >= 15 is 0 Å². The van der Waals surface area contributed by atoms with Crippen molar-refractivity contribution in [2.75, 3.05) is 13.7 Å². The van der Waals surface area contributed by atoms with E-state index in [9.17, 15) is 19.7 Å². The highest BCUT2D eigenvalue weighted by atomic mass is 16.6. The largest absolute Gasteiger partial charge is 0.497 e. The summed E-state index contributed by atoms with van der Waals surface area (Å²) < 4.78 is 10.8. The maximum Gasteiger partial charge on any atom is 0.281 e. The molecule has 9 nitrogen and oxygen atoms in total. The van der Waals surface area contributed by atoms with Gasteiger partial charge in [-0.05, 0) is 47.5 Å². The summed E-state index contributed by atoms with van der Waals surface area (Å²) in [6.45, 7) is -0.311. The fourth-order valence-corrected chi connectivity index (χ4v) is 3.69. The Hall–Kier alpha value is -4.53. The van der Waals surface area contributed by atoms with E-state index in [1.54, 1.807) is 55.6 Å². The maximum atomic E-state index is 13.1. The van der Waals surface area contributed by atoms with Crippen LogP contribution >= 0.6 is 0 Å². The third kappa shape index (κ3) is 4.78. The van der Waals surface area contributed by atoms with Crippen molar-refractivity contribution in [1.82, 2.24) is 5.01 Å². The Labute approximate surface area is 195 Å². The summed E-state index contributed by atoms with van der Waals surface area (Å²) in [5, 5.41) is 16.9. The van der Waals surface area contributed by atoms with Crippen LogP contribution in [-0.4, -0.2) is 41.6 Å². The molecule has 4 rings (SSSR count). The molecule has 9 heteroatoms. The molecule has 34 heavy (non-hydrogen) atoms. The van der Waals surface area contributed by atoms with E-state index in [4.69, 9.17) is 9.47 Å². The average Bonchev–Trinajstić information content (AvgIpc) is 3.33. The molecule has 1 heterocycles. The number of amides is 1. The number of rotatable bonds is 8. The Morgan fingerprint density at radius 3 is 2.47 bits per heavy atom. The van der Waals surface area contributed by atoms with Crippen LogP contribution in [0.5, 0.6) is 11.5 Å². The van der Waals surface area contributed by atoms with Gasteiger partial charge in [-0.25, -0.2) is 5.01 Å². The summed E-state index contributed by atoms with van der Waals surface area (Å²) in [5.74, 6) is 0.606. The standard InChI is InChI=1S/C25H21N3O6/c1-33-21-12-8-18(9-13-21)23-14-22(17-6-10-20(11-7-17)28(31)32)26-27(23)25(30)16-34-24-5-3-2-4-19(24)15-29/h2-13,15,23H,14,16H2,1H3. The van der Waals surface area contributed by atoms with Crippen LogP contribution in [0.4, 0.5) is 5.69 Å². The third-order valence-electron chi connectivity index (χ3n) is 5.47. The first kappa shape index (κ1) is 22.7. The minimum atomic E-state index is -0.468. The molecule has 0 fully saturated rings. The van der Waals surface area contributed by atoms with Crippen LogP contribution in [0.15, 0.2) is 77.9 Å². The van der Waals surface area contributed by atoms with Gasteiger partial charge in [0.2, 0.25) is 0 Å². The normalized spacial score (nSPS) is 14.9. The fraction of sp³-hybridized carbons (Fsp3) is 0.160. The smallest absolute Gasteiger partial charge is 0.281 e. The first-order valence-electron chi connectivity index (χ1n) is 10.5. The first-order valence-corrected chi connectivity index (χ1v) is 10.5. The Morgan fingerprint density at radius 2 is 1.82 bits per heavy atom. The zero-order valence-corrected chi connectivity index (χ0v) is 18.3. The second kappa shape index (κ2) is 9.95. The molecule has 0 radical (unpaired) electrons. The second-order valence-corrected chi connectivity index (χ2v) is 7.53. The predicted molar refractivity (Wildman–Crippen MR) is 124 cm³/mol. The van der Waals surface area contributed by atoms with Crippen LogP contribution in [0, 0.1) is 10.1 Å². The van der Waals surface area contributed by atoms with Crippen molar-refractivity contribution >= 4 is 23.6 Å². The Kier molecular flexibility index (Phi) is 6.63. The van der Waals surface area contributed by atoms with Gasteiger partial charge in [-0.2, -0.15) is 5.10 Å². The zero-order valence-electron chi connectivity index (χ0n) is 18.3. The molecule has 1 aliphatic heterocycles. The summed E-state index contributed by atoms with van der Waals surface area (Å²) in [6, 6.07) is 19.6. The van der Waals surface area contributed by atoms with Crippen LogP contribution in [-0.2, 0) is 4.79 Å². The Bertz CT molecular complexity index is 1240. The van der Waals surface area contributed by atoms with Crippen molar-refractivity contribution < 1.29 is 24.0 Å². The molecule has 1 unspecified atom stereocenters. The van der Waals surface area contributed by atoms with Crippen molar-refractivity contribution in [2.24, 2.45) is 5.10 Å². The minimum Gasteiger partial charge on any atom is -0.497 e. The lowest BCUT2D eigenvalue weighted by Crippen LogP contribution is -2.31. The minimum absolute atomic E-state index is 0.0239. The van der Waals surface area contributed by atoms with E-state index in [0.29, 0.717) is 41.0 Å². The van der Waals surface area contributed by atoms with Crippen LogP contribution in [0.3, 0.4) is 0 Å². The molecule has 3 aromatic rings. The summed E-state index contributed by atoms with van der Waals surface area (Å²) in [4.78, 5) is 34.9. The molecule has 0 N–H and O–H groups in total. The van der Waals surface area contributed by atoms with E-state index < -0.39 is 16.9 Å². The molecule has 0 spiro atoms. The first-order chi connectivity index (χ1) is 16.5. The predicted octanol–water partition coefficient (Wildman–Crippen LogP) is 4.17. The van der Waals surface area contributed by atoms with Gasteiger partial charge in [0.25, 0.3) is 11.6 Å². The Morgan fingerprint density at radius 1 is 1.12 bits per heavy atom. The molecule has 0 aliphatic carbocycles. The molecule has 0 bridgehead atoms. The number of carbonyl (C=O) groups is 2. The van der Waals surface area contributed by atoms with Crippen molar-refractivity contribution in [3.8, 4) is 11.5 Å². The fourth-order valence-electron chi connectivity index (χ4n) is 3.69. The number of nitro groups is 1. The van der Waals surface area contributed by atoms with Gasteiger partial charge in [-0.3, -0.25) is 19.7 Å². The molecule has 172 valence electrons. The number of hydrazone groups is 1. The third-order valence-corrected chi connectivity index (χ3v) is 5.47. The van der Waals surface area contributed by atoms with Gasteiger partial charge in [-0.15, -0.1) is 0 Å². The molecular weight excluding hydrogens is 438 g/mol. The lowest BCUT2D eigenvalue weighted by Gasteiger charge is -2.22. The van der Waals surface area contributed by atoms with Crippen LogP contribution in [0.2, 0.25) is 0 Å². The molecule has 1 aliphatic rings. The van der Waals surface area contributed by atoms with Gasteiger partial charge in [0.05, 0.1) is 29.4 Å². The topological polar surface area (TPSA) is 111 Å². The number of hydrogen-bond acceptors (Lipinski definition) is 7. The van der Waals surface area contributed by atoms with E-state index in [1.165, 1.54) is 17.1 Å². The van der Waals surface area contributed by atoms with Crippen LogP contribution < -0.4 is 9.47 Å². The highest BCUT2D eigenvalue weighted by Gasteiger charge is 2.33. The van der Waals surface area contributed by atoms with Crippen LogP contribution in [0.25, 0.3) is 0 Å². The second-order valence-electron chi connectivity index (χ2n) is 7.53. The van der Waals surface area contributed by atoms with Gasteiger partial charge in [0, 0.05) is 18.6 Å². The van der Waals surface area contributed by atoms with E-state index in [2.05, 4.69) is 5.10 Å². The van der Waals surface area contributed by atoms with E-state index in [1.807, 2.05) is 12.1 Å². The molecule has 3 aromatic carbocycles. The van der Waals surface area contributed by atoms with Crippen LogP contribution in [0.1, 0.15) is 33.9 Å². The van der Waals surface area contributed by atoms with Crippen molar-refractivity contribution in [3.63, 3.8) is 0 Å². The van der Waals surface area contributed by atoms with Crippen molar-refractivity contribution in [3.05, 3.63) is 99.6 Å². The number of non-ortho nitro benzene ring substituents is 1. The molecule has 0 saturated heterocycles.